The Morgan fingerprint density at radius 3 is 1.62 bits per heavy atom. The molecular formula is C59H98NO16PS2. The van der Waals surface area contributed by atoms with Crippen molar-refractivity contribution in [1.29, 1.82) is 0 Å². The number of hydrogen-bond donors (Lipinski definition) is 6. The number of Topliss-reactive ketones (excluding diaryl/α,β-unsaturated/α-hetero) is 3. The number of rotatable bonds is 25. The molecule has 0 heterocycles. The second kappa shape index (κ2) is 24.7. The van der Waals surface area contributed by atoms with Gasteiger partial charge in [0.1, 0.15) is 17.3 Å². The number of amides is 1. The van der Waals surface area contributed by atoms with Gasteiger partial charge in [-0.2, -0.15) is 16.8 Å². The maximum atomic E-state index is 13.9. The van der Waals surface area contributed by atoms with Crippen molar-refractivity contribution in [2.24, 2.45) is 105 Å². The van der Waals surface area contributed by atoms with E-state index >= 15 is 0 Å². The van der Waals surface area contributed by atoms with Crippen LogP contribution in [0.25, 0.3) is 0 Å². The highest BCUT2D eigenvalue weighted by atomic mass is 32.2. The Kier molecular flexibility index (Phi) is 19.8. The summed E-state index contributed by atoms with van der Waals surface area (Å²) in [5.74, 6) is 2.87. The van der Waals surface area contributed by atoms with Gasteiger partial charge < -0.3 is 24.9 Å². The lowest BCUT2D eigenvalue weighted by atomic mass is 9.43. The number of nitrogens with one attached hydrogen (secondary N) is 1. The number of ether oxygens (including phenoxy) is 1. The number of hydrogen-bond acceptors (Lipinski definition) is 12. The lowest BCUT2D eigenvalue weighted by molar-refractivity contribution is -0.199. The number of ketones is 3. The molecule has 0 aliphatic heterocycles. The molecule has 8 rings (SSSR count). The molecule has 0 bridgehead atoms. The summed E-state index contributed by atoms with van der Waals surface area (Å²) in [5, 5.41) is 14.7. The van der Waals surface area contributed by atoms with Gasteiger partial charge in [0.25, 0.3) is 20.2 Å². The summed E-state index contributed by atoms with van der Waals surface area (Å²) in [6, 6.07) is 0. The molecule has 0 radical (unpaired) electrons. The Morgan fingerprint density at radius 1 is 0.608 bits per heavy atom. The number of carbonyl (C=O) groups excluding carboxylic acids is 4. The van der Waals surface area contributed by atoms with Gasteiger partial charge in [0.05, 0.1) is 30.1 Å². The van der Waals surface area contributed by atoms with Crippen LogP contribution in [0, 0.1) is 105 Å². The van der Waals surface area contributed by atoms with E-state index in [1.165, 1.54) is 0 Å². The molecule has 452 valence electrons. The van der Waals surface area contributed by atoms with Gasteiger partial charge in [0.15, 0.2) is 6.79 Å². The SMILES string of the molecule is C[C@@H](CCC(=O)NCCS(=O)(=O)O)[C@H]1CC[C@@H]2[C@H]3[C@H](O)CC4C[C@@H](CC(=O)CC(=O)C[C@@H]5CC[C@@]6(C)C(C5)C[C@H](OCOP(=O)(O)O)[C@H]5[C@@H]7CC[C@H]([C@@H](C)CCC(=O)CCCS(=O)(=O)O)[C@@]7(C)CC[C@@H]56)CC[C@@]4(C)[C@@H]3CC[C@]21C. The second-order valence-electron chi connectivity index (χ2n) is 28.5. The minimum atomic E-state index is -4.78. The van der Waals surface area contributed by atoms with Crippen LogP contribution in [0.15, 0.2) is 0 Å². The highest BCUT2D eigenvalue weighted by molar-refractivity contribution is 7.86. The van der Waals surface area contributed by atoms with Gasteiger partial charge >= 0.3 is 7.82 Å². The van der Waals surface area contributed by atoms with Gasteiger partial charge in [-0.25, -0.2) is 4.57 Å². The third-order valence-electron chi connectivity index (χ3n) is 24.3. The molecule has 6 N–H and O–H groups in total. The summed E-state index contributed by atoms with van der Waals surface area (Å²) in [6.45, 7) is 13.5. The molecule has 0 aromatic rings. The van der Waals surface area contributed by atoms with Gasteiger partial charge in [-0.05, 0) is 227 Å². The molecule has 8 aliphatic rings. The highest BCUT2D eigenvalue weighted by Crippen LogP contribution is 2.71. The first-order valence-electron chi connectivity index (χ1n) is 30.6. The monoisotopic (exact) mass is 1170 g/mol. The van der Waals surface area contributed by atoms with Crippen molar-refractivity contribution in [3.63, 3.8) is 0 Å². The van der Waals surface area contributed by atoms with Crippen LogP contribution in [0.5, 0.6) is 0 Å². The van der Waals surface area contributed by atoms with Crippen LogP contribution in [-0.4, -0.2) is 101 Å². The van der Waals surface area contributed by atoms with Crippen molar-refractivity contribution in [3.8, 4) is 0 Å². The molecular weight excluding hydrogens is 1070 g/mol. The Balaban J connectivity index is 0.823. The van der Waals surface area contributed by atoms with Crippen LogP contribution < -0.4 is 5.32 Å². The quantitative estimate of drug-likeness (QED) is 0.0215. The van der Waals surface area contributed by atoms with Crippen LogP contribution in [0.4, 0.5) is 0 Å². The lowest BCUT2D eigenvalue weighted by Gasteiger charge is -2.63. The van der Waals surface area contributed by atoms with Crippen LogP contribution >= 0.6 is 7.82 Å². The maximum absolute atomic E-state index is 13.9. The van der Waals surface area contributed by atoms with Crippen molar-refractivity contribution in [2.45, 2.75) is 214 Å². The number of phosphoric acid groups is 1. The molecule has 0 aromatic carbocycles. The van der Waals surface area contributed by atoms with Crippen molar-refractivity contribution in [1.82, 2.24) is 5.32 Å². The zero-order valence-electron chi connectivity index (χ0n) is 48.2. The van der Waals surface area contributed by atoms with Crippen LogP contribution in [-0.2, 0) is 53.2 Å². The predicted octanol–water partition coefficient (Wildman–Crippen LogP) is 9.95. The zero-order chi connectivity index (χ0) is 57.7. The molecule has 0 saturated heterocycles. The van der Waals surface area contributed by atoms with E-state index < -0.39 is 52.5 Å². The molecule has 8 saturated carbocycles. The third-order valence-corrected chi connectivity index (χ3v) is 26.2. The van der Waals surface area contributed by atoms with Gasteiger partial charge in [-0.1, -0.05) is 41.5 Å². The topological polar surface area (TPSA) is 285 Å². The maximum Gasteiger partial charge on any atom is 0.471 e. The Bertz CT molecular complexity index is 2490. The van der Waals surface area contributed by atoms with E-state index in [0.29, 0.717) is 92.3 Å². The van der Waals surface area contributed by atoms with E-state index in [1.807, 2.05) is 0 Å². The van der Waals surface area contributed by atoms with Crippen LogP contribution in [0.2, 0.25) is 0 Å². The molecule has 0 spiro atoms. The first-order valence-corrected chi connectivity index (χ1v) is 35.3. The fourth-order valence-electron chi connectivity index (χ4n) is 20.4. The largest absolute Gasteiger partial charge is 0.471 e. The minimum Gasteiger partial charge on any atom is -0.393 e. The van der Waals surface area contributed by atoms with E-state index in [0.717, 1.165) is 96.3 Å². The van der Waals surface area contributed by atoms with Crippen LogP contribution in [0.3, 0.4) is 0 Å². The van der Waals surface area contributed by atoms with Crippen molar-refractivity contribution in [3.05, 3.63) is 0 Å². The van der Waals surface area contributed by atoms with Gasteiger partial charge in [-0.3, -0.25) is 32.8 Å². The Labute approximate surface area is 471 Å². The number of phosphoric ester groups is 1. The van der Waals surface area contributed by atoms with Gasteiger partial charge in [-0.15, -0.1) is 0 Å². The van der Waals surface area contributed by atoms with Crippen LogP contribution in [0.1, 0.15) is 202 Å². The fraction of sp³-hybridized carbons (Fsp3) is 0.932. The van der Waals surface area contributed by atoms with E-state index in [1.54, 1.807) is 0 Å². The highest BCUT2D eigenvalue weighted by Gasteiger charge is 2.65. The fourth-order valence-corrected chi connectivity index (χ4v) is 21.5. The van der Waals surface area contributed by atoms with E-state index in [2.05, 4.69) is 46.9 Å². The molecule has 2 unspecified atom stereocenters. The molecule has 17 nitrogen and oxygen atoms in total. The standard InChI is InChI=1S/C59H98NO16PS2/c1-36(9-11-42(61)8-7-26-78(69,70)71)45-13-15-48-55-50(20-24-59(45,48)6)57(4)22-18-39(29-41(57)33-52(55)75-35-76-77(66,67)68)31-44(63)34-43(62)30-38-17-21-56(3)40(28-38)32-51(64)54-47-14-12-46(58(47,5)23-19-49(54)56)37(2)10-16-53(65)60-25-27-79(72,73)74/h36-41,45-52,54-55,64H,7-35H2,1-6H3,(H,60,65)(H2,66,67,68)(H,69,70,71)(H,72,73,74)/t36-,37-,38-,39+,40?,41?,45+,46+,47+,48-,49+,50-,51+,52-,54+,55-,56+,57-,58-,59+/m0/s1. The molecule has 0 aromatic heterocycles. The number of aliphatic hydroxyl groups is 1. The zero-order valence-corrected chi connectivity index (χ0v) is 50.8. The summed E-state index contributed by atoms with van der Waals surface area (Å²) in [4.78, 5) is 72.2. The summed E-state index contributed by atoms with van der Waals surface area (Å²) in [7, 11) is -13.0. The summed E-state index contributed by atoms with van der Waals surface area (Å²) >= 11 is 0. The average Bonchev–Trinajstić information content (AvgIpc) is 3.95. The minimum absolute atomic E-state index is 0.000511. The molecule has 20 atom stereocenters. The Morgan fingerprint density at radius 2 is 1.09 bits per heavy atom. The first-order chi connectivity index (χ1) is 36.8. The van der Waals surface area contributed by atoms with E-state index in [9.17, 15) is 55.5 Å². The Hall–Kier alpha value is -1.67. The number of aliphatic hydroxyl groups excluding tert-OH is 1. The van der Waals surface area contributed by atoms with Crippen molar-refractivity contribution in [2.75, 3.05) is 24.8 Å². The molecule has 8 aliphatic carbocycles. The first kappa shape index (κ1) is 63.4. The summed E-state index contributed by atoms with van der Waals surface area (Å²) in [6.07, 6.45) is 17.5. The summed E-state index contributed by atoms with van der Waals surface area (Å²) in [5.41, 5.74) is 0.106. The number of fused-ring (bicyclic) bond motifs is 10. The van der Waals surface area contributed by atoms with Crippen molar-refractivity contribution < 1.29 is 73.8 Å². The average molecular weight is 1170 g/mol. The number of carbonyl (C=O) groups is 4. The third kappa shape index (κ3) is 14.4. The van der Waals surface area contributed by atoms with Gasteiger partial charge in [0, 0.05) is 38.6 Å². The van der Waals surface area contributed by atoms with Gasteiger partial charge in [0.2, 0.25) is 5.91 Å². The summed E-state index contributed by atoms with van der Waals surface area (Å²) < 4.78 is 85.8. The van der Waals surface area contributed by atoms with E-state index in [4.69, 9.17) is 18.4 Å². The van der Waals surface area contributed by atoms with Crippen molar-refractivity contribution >= 4 is 51.3 Å². The normalized spacial score (nSPS) is 40.8. The molecule has 79 heavy (non-hydrogen) atoms. The molecule has 20 heteroatoms. The van der Waals surface area contributed by atoms with E-state index in [-0.39, 0.29) is 112 Å². The molecule has 1 amide bonds. The predicted molar refractivity (Wildman–Crippen MR) is 298 cm³/mol. The molecule has 8 fully saturated rings. The smallest absolute Gasteiger partial charge is 0.393 e. The second-order valence-corrected chi connectivity index (χ2v) is 32.8. The lowest BCUT2D eigenvalue weighted by Crippen LogP contribution is -2.59.